The van der Waals surface area contributed by atoms with Gasteiger partial charge in [0.2, 0.25) is 0 Å². The normalized spacial score (nSPS) is 11.0. The third-order valence-electron chi connectivity index (χ3n) is 3.20. The van der Waals surface area contributed by atoms with Gasteiger partial charge in [0.25, 0.3) is 0 Å². The first kappa shape index (κ1) is 17.6. The fourth-order valence-corrected chi connectivity index (χ4v) is 2.11. The van der Waals surface area contributed by atoms with E-state index in [0.717, 1.165) is 6.07 Å². The number of benzene rings is 2. The zero-order valence-electron chi connectivity index (χ0n) is 12.6. The minimum absolute atomic E-state index is 0.0356. The highest BCUT2D eigenvalue weighted by atomic mass is 19.4. The molecule has 0 saturated carbocycles. The molecule has 2 aromatic carbocycles. The first-order valence-corrected chi connectivity index (χ1v) is 7.12. The first-order valence-electron chi connectivity index (χ1n) is 7.12. The van der Waals surface area contributed by atoms with Crippen LogP contribution in [0.25, 0.3) is 0 Å². The van der Waals surface area contributed by atoms with Crippen molar-refractivity contribution in [3.63, 3.8) is 0 Å². The summed E-state index contributed by atoms with van der Waals surface area (Å²) >= 11 is 0. The van der Waals surface area contributed by atoms with Crippen molar-refractivity contribution in [2.75, 3.05) is 18.5 Å². The molecule has 2 N–H and O–H groups in total. The van der Waals surface area contributed by atoms with Gasteiger partial charge in [0.15, 0.2) is 0 Å². The number of ether oxygens (including phenoxy) is 1. The number of rotatable bonds is 6. The highest BCUT2D eigenvalue weighted by molar-refractivity contribution is 5.56. The number of nitrogens with one attached hydrogen (secondary N) is 1. The Bertz CT molecular complexity index is 739. The number of alkyl halides is 3. The fraction of sp³-hybridized carbons (Fsp3) is 0.235. The minimum atomic E-state index is -4.55. The van der Waals surface area contributed by atoms with Gasteiger partial charge < -0.3 is 15.2 Å². The lowest BCUT2D eigenvalue weighted by atomic mass is 10.1. The number of hydrogen-bond acceptors (Lipinski definition) is 4. The molecule has 0 radical (unpaired) electrons. The van der Waals surface area contributed by atoms with Crippen LogP contribution in [-0.2, 0) is 12.7 Å². The largest absolute Gasteiger partial charge is 0.491 e. The molecule has 0 aliphatic rings. The van der Waals surface area contributed by atoms with Crippen LogP contribution in [0, 0.1) is 11.3 Å². The van der Waals surface area contributed by atoms with Crippen LogP contribution in [0.15, 0.2) is 42.5 Å². The second-order valence-corrected chi connectivity index (χ2v) is 4.94. The molecule has 0 saturated heterocycles. The van der Waals surface area contributed by atoms with Gasteiger partial charge in [-0.15, -0.1) is 0 Å². The molecule has 0 aliphatic carbocycles. The molecule has 0 aromatic heterocycles. The minimum Gasteiger partial charge on any atom is -0.491 e. The molecule has 0 bridgehead atoms. The molecule has 0 unspecified atom stereocenters. The van der Waals surface area contributed by atoms with Crippen molar-refractivity contribution in [2.45, 2.75) is 12.7 Å². The Hall–Kier alpha value is -2.72. The molecule has 0 atom stereocenters. The van der Waals surface area contributed by atoms with Crippen LogP contribution >= 0.6 is 0 Å². The van der Waals surface area contributed by atoms with Gasteiger partial charge in [0.1, 0.15) is 12.4 Å². The second kappa shape index (κ2) is 7.70. The van der Waals surface area contributed by atoms with E-state index in [0.29, 0.717) is 11.1 Å². The summed E-state index contributed by atoms with van der Waals surface area (Å²) in [4.78, 5) is 0. The zero-order chi connectivity index (χ0) is 17.6. The smallest absolute Gasteiger partial charge is 0.418 e. The maximum Gasteiger partial charge on any atom is 0.418 e. The fourth-order valence-electron chi connectivity index (χ4n) is 2.11. The molecule has 0 fully saturated rings. The molecule has 0 spiro atoms. The van der Waals surface area contributed by atoms with Gasteiger partial charge in [-0.25, -0.2) is 0 Å². The summed E-state index contributed by atoms with van der Waals surface area (Å²) in [6.07, 6.45) is -4.55. The summed E-state index contributed by atoms with van der Waals surface area (Å²) in [5.74, 6) is 0.0356. The van der Waals surface area contributed by atoms with Gasteiger partial charge in [-0.2, -0.15) is 18.4 Å². The van der Waals surface area contributed by atoms with Gasteiger partial charge in [0, 0.05) is 12.2 Å². The van der Waals surface area contributed by atoms with E-state index in [1.165, 1.54) is 12.1 Å². The van der Waals surface area contributed by atoms with E-state index in [2.05, 4.69) is 5.32 Å². The Balaban J connectivity index is 2.20. The maximum atomic E-state index is 13.2. The average molecular weight is 336 g/mol. The molecule has 126 valence electrons. The number of hydrogen-bond donors (Lipinski definition) is 2. The van der Waals surface area contributed by atoms with E-state index in [1.807, 2.05) is 6.07 Å². The average Bonchev–Trinajstić information content (AvgIpc) is 2.57. The number of nitriles is 1. The first-order chi connectivity index (χ1) is 11.4. The predicted molar refractivity (Wildman–Crippen MR) is 82.5 cm³/mol. The van der Waals surface area contributed by atoms with Crippen molar-refractivity contribution in [1.29, 1.82) is 5.26 Å². The Labute approximate surface area is 137 Å². The molecule has 0 aliphatic heterocycles. The van der Waals surface area contributed by atoms with Crippen molar-refractivity contribution in [2.24, 2.45) is 0 Å². The molecule has 0 amide bonds. The Morgan fingerprint density at radius 2 is 1.96 bits per heavy atom. The van der Waals surface area contributed by atoms with Crippen molar-refractivity contribution in [1.82, 2.24) is 0 Å². The van der Waals surface area contributed by atoms with Crippen LogP contribution < -0.4 is 10.1 Å². The van der Waals surface area contributed by atoms with Gasteiger partial charge in [0.05, 0.1) is 23.8 Å². The third kappa shape index (κ3) is 4.64. The number of nitrogens with zero attached hydrogens (tertiary/aromatic N) is 1. The van der Waals surface area contributed by atoms with E-state index < -0.39 is 11.7 Å². The van der Waals surface area contributed by atoms with Gasteiger partial charge in [-0.3, -0.25) is 0 Å². The summed E-state index contributed by atoms with van der Waals surface area (Å²) < 4.78 is 44.6. The second-order valence-electron chi connectivity index (χ2n) is 4.94. The Morgan fingerprint density at radius 1 is 1.17 bits per heavy atom. The molecule has 0 heterocycles. The summed E-state index contributed by atoms with van der Waals surface area (Å²) in [7, 11) is 0. The van der Waals surface area contributed by atoms with Gasteiger partial charge in [-0.1, -0.05) is 12.1 Å². The van der Waals surface area contributed by atoms with E-state index in [1.54, 1.807) is 24.3 Å². The van der Waals surface area contributed by atoms with Crippen molar-refractivity contribution in [3.8, 4) is 11.8 Å². The summed E-state index contributed by atoms with van der Waals surface area (Å²) in [6.45, 7) is -0.211. The Kier molecular flexibility index (Phi) is 5.66. The number of aliphatic hydroxyl groups is 1. The monoisotopic (exact) mass is 336 g/mol. The quantitative estimate of drug-likeness (QED) is 0.846. The topological polar surface area (TPSA) is 65.3 Å². The number of aliphatic hydroxyl groups excluding tert-OH is 1. The van der Waals surface area contributed by atoms with Crippen molar-refractivity contribution < 1.29 is 23.0 Å². The van der Waals surface area contributed by atoms with Gasteiger partial charge >= 0.3 is 6.18 Å². The van der Waals surface area contributed by atoms with E-state index in [-0.39, 0.29) is 31.2 Å². The molecular weight excluding hydrogens is 321 g/mol. The predicted octanol–water partition coefficient (Wildman–Crippen LogP) is 3.56. The lowest BCUT2D eigenvalue weighted by Crippen LogP contribution is -2.12. The van der Waals surface area contributed by atoms with Crippen LogP contribution in [0.1, 0.15) is 16.7 Å². The van der Waals surface area contributed by atoms with E-state index in [4.69, 9.17) is 15.1 Å². The van der Waals surface area contributed by atoms with E-state index in [9.17, 15) is 13.2 Å². The van der Waals surface area contributed by atoms with E-state index >= 15 is 0 Å². The standard InChI is InChI=1S/C17H15F3N2O2/c18-17(19,20)15-9-14(24-7-6-23)4-5-16(15)22-11-13-3-1-2-12(8-13)10-21/h1-5,8-9,22-23H,6-7,11H2. The third-order valence-corrected chi connectivity index (χ3v) is 3.20. The van der Waals surface area contributed by atoms with Crippen LogP contribution in [0.5, 0.6) is 5.75 Å². The van der Waals surface area contributed by atoms with Gasteiger partial charge in [-0.05, 0) is 35.9 Å². The SMILES string of the molecule is N#Cc1cccc(CNc2ccc(OCCO)cc2C(F)(F)F)c1. The molecule has 2 rings (SSSR count). The molecule has 24 heavy (non-hydrogen) atoms. The highest BCUT2D eigenvalue weighted by Crippen LogP contribution is 2.37. The highest BCUT2D eigenvalue weighted by Gasteiger charge is 2.34. The molecule has 7 heteroatoms. The lowest BCUT2D eigenvalue weighted by Gasteiger charge is -2.16. The molecule has 2 aromatic rings. The summed E-state index contributed by atoms with van der Waals surface area (Å²) in [5, 5.41) is 20.3. The number of anilines is 1. The van der Waals surface area contributed by atoms with Crippen LogP contribution in [0.4, 0.5) is 18.9 Å². The Morgan fingerprint density at radius 3 is 2.62 bits per heavy atom. The van der Waals surface area contributed by atoms with Crippen LogP contribution in [0.3, 0.4) is 0 Å². The van der Waals surface area contributed by atoms with Crippen LogP contribution in [0.2, 0.25) is 0 Å². The van der Waals surface area contributed by atoms with Crippen LogP contribution in [-0.4, -0.2) is 18.3 Å². The molecule has 4 nitrogen and oxygen atoms in total. The number of halogens is 3. The van der Waals surface area contributed by atoms with Crippen molar-refractivity contribution >= 4 is 5.69 Å². The summed E-state index contributed by atoms with van der Waals surface area (Å²) in [6, 6.07) is 12.2. The maximum absolute atomic E-state index is 13.2. The molecular formula is C17H15F3N2O2. The zero-order valence-corrected chi connectivity index (χ0v) is 12.6. The van der Waals surface area contributed by atoms with Crippen molar-refractivity contribution in [3.05, 3.63) is 59.2 Å². The summed E-state index contributed by atoms with van der Waals surface area (Å²) in [5.41, 5.74) is 0.205. The lowest BCUT2D eigenvalue weighted by molar-refractivity contribution is -0.137.